The molecule has 0 aromatic carbocycles. The Balaban J connectivity index is -0.000000248. The van der Waals surface area contributed by atoms with Crippen LogP contribution in [0.25, 0.3) is 0 Å². The zero-order valence-corrected chi connectivity index (χ0v) is 29.3. The van der Waals surface area contributed by atoms with Crippen molar-refractivity contribution in [3.05, 3.63) is 0 Å². The molecule has 0 radical (unpaired) electrons. The minimum Gasteiger partial charge on any atom is -0.759 e. The van der Waals surface area contributed by atoms with Crippen molar-refractivity contribution in [2.45, 2.75) is 142 Å². The first-order chi connectivity index (χ1) is 16.3. The van der Waals surface area contributed by atoms with Gasteiger partial charge in [-0.05, 0) is 12.8 Å². The van der Waals surface area contributed by atoms with Gasteiger partial charge in [0.1, 0.15) is 0 Å². The van der Waals surface area contributed by atoms with E-state index in [1.54, 1.807) is 0 Å². The van der Waals surface area contributed by atoms with Crippen molar-refractivity contribution in [3.8, 4) is 0 Å². The van der Waals surface area contributed by atoms with Gasteiger partial charge in [0, 0.05) is 30.2 Å². The van der Waals surface area contributed by atoms with E-state index >= 15 is 0 Å². The summed E-state index contributed by atoms with van der Waals surface area (Å²) in [4.78, 5) is 0. The number of nitrogens with two attached hydrogens (primary N) is 1. The third kappa shape index (κ3) is 70.5. The van der Waals surface area contributed by atoms with Gasteiger partial charge in [-0.15, -0.1) is 0 Å². The van der Waals surface area contributed by atoms with Crippen LogP contribution >= 0.6 is 0 Å². The van der Waals surface area contributed by atoms with Gasteiger partial charge >= 0.3 is 59.1 Å². The van der Waals surface area contributed by atoms with Crippen LogP contribution in [0.1, 0.15) is 142 Å². The number of hydrogen-bond acceptors (Lipinski definition) is 7. The summed E-state index contributed by atoms with van der Waals surface area (Å²) in [6.07, 6.45) is 28.2. The van der Waals surface area contributed by atoms with E-state index in [2.05, 4.69) is 13.8 Å². The molecule has 7 nitrogen and oxygen atoms in total. The van der Waals surface area contributed by atoms with E-state index < -0.39 is 10.4 Å². The van der Waals surface area contributed by atoms with Gasteiger partial charge < -0.3 is 24.7 Å². The Bertz CT molecular complexity index is 414. The Kier molecular flexibility index (Phi) is 57.8. The van der Waals surface area contributed by atoms with Crippen molar-refractivity contribution in [2.75, 3.05) is 26.4 Å². The molecule has 0 bridgehead atoms. The Morgan fingerprint density at radius 2 is 0.778 bits per heavy atom. The number of aliphatic hydroxyl groups excluding tert-OH is 1. The molecule has 0 heterocycles. The minimum atomic E-state index is -5.17. The number of ether oxygens (including phenoxy) is 1. The van der Waals surface area contributed by atoms with Gasteiger partial charge in [0.2, 0.25) is 0 Å². The van der Waals surface area contributed by atoms with Gasteiger partial charge in [-0.25, -0.2) is 0 Å². The molecule has 0 rings (SSSR count). The third-order valence-electron chi connectivity index (χ3n) is 5.41. The Morgan fingerprint density at radius 3 is 0.972 bits per heavy atom. The maximum Gasteiger partial charge on any atom is 1.00 e. The van der Waals surface area contributed by atoms with Gasteiger partial charge in [-0.3, -0.25) is 8.42 Å². The van der Waals surface area contributed by atoms with Gasteiger partial charge in [-0.1, -0.05) is 129 Å². The first-order valence-electron chi connectivity index (χ1n) is 13.9. The molecule has 0 amide bonds. The zero-order chi connectivity index (χ0) is 26.2. The maximum atomic E-state index is 8.52. The molecular weight excluding hydrogens is 500 g/mol. The summed E-state index contributed by atoms with van der Waals surface area (Å²) in [5, 5.41) is 7.75. The number of aliphatic hydroxyl groups is 1. The van der Waals surface area contributed by atoms with E-state index in [0.717, 1.165) is 13.2 Å². The van der Waals surface area contributed by atoms with E-state index in [-0.39, 0.29) is 65.7 Å². The van der Waals surface area contributed by atoms with E-state index in [9.17, 15) is 0 Å². The molecule has 0 saturated heterocycles. The first-order valence-corrected chi connectivity index (χ1v) is 15.2. The topological polar surface area (TPSA) is 136 Å². The van der Waals surface area contributed by atoms with Gasteiger partial charge in [0.25, 0.3) is 0 Å². The van der Waals surface area contributed by atoms with Crippen LogP contribution in [0.5, 0.6) is 0 Å². The second-order valence-corrected chi connectivity index (χ2v) is 9.71. The van der Waals surface area contributed by atoms with Crippen LogP contribution in [0.4, 0.5) is 0 Å². The molecule has 210 valence electrons. The Hall–Kier alpha value is 1.75. The number of rotatable bonds is 23. The summed E-state index contributed by atoms with van der Waals surface area (Å²) >= 11 is 0. The Morgan fingerprint density at radius 1 is 0.583 bits per heavy atom. The Labute approximate surface area is 269 Å². The monoisotopic (exact) mass is 557 g/mol. The molecule has 10 heteroatoms. The standard InChI is InChI=1S/C24H50O.C2H7NO.2Na.H2O4S/c1-3-5-7-9-11-13-15-17-19-21-23-25-24-22-20-18-16-14-12-10-8-6-4-2;3-1-2-4;;;1-5(2,3)4/h3-24H2,1-2H3;4H,1-3H2;;;(H2,1,2,3,4)/q;;2*+1;/p-2. The maximum absolute atomic E-state index is 8.52. The molecule has 0 fully saturated rings. The van der Waals surface area contributed by atoms with Crippen molar-refractivity contribution < 1.29 is 86.5 Å². The van der Waals surface area contributed by atoms with Gasteiger partial charge in [0.15, 0.2) is 0 Å². The van der Waals surface area contributed by atoms with Gasteiger partial charge in [0.05, 0.1) is 6.61 Å². The fraction of sp³-hybridized carbons (Fsp3) is 1.00. The smallest absolute Gasteiger partial charge is 0.759 e. The average Bonchev–Trinajstić information content (AvgIpc) is 2.79. The molecule has 0 saturated carbocycles. The average molecular weight is 558 g/mol. The number of unbranched alkanes of at least 4 members (excludes halogenated alkanes) is 18. The van der Waals surface area contributed by atoms with E-state index in [0.29, 0.717) is 6.54 Å². The summed E-state index contributed by atoms with van der Waals surface area (Å²) in [5.74, 6) is 0. The molecule has 0 atom stereocenters. The van der Waals surface area contributed by atoms with Crippen LogP contribution < -0.4 is 64.8 Å². The summed E-state index contributed by atoms with van der Waals surface area (Å²) < 4.78 is 39.9. The fourth-order valence-corrected chi connectivity index (χ4v) is 3.49. The van der Waals surface area contributed by atoms with Crippen molar-refractivity contribution in [1.29, 1.82) is 0 Å². The molecule has 0 spiro atoms. The zero-order valence-electron chi connectivity index (χ0n) is 24.4. The molecular formula is C26H57NNa2O6S. The number of hydrogen-bond donors (Lipinski definition) is 2. The van der Waals surface area contributed by atoms with E-state index in [1.807, 2.05) is 0 Å². The fourth-order valence-electron chi connectivity index (χ4n) is 3.49. The van der Waals surface area contributed by atoms with Crippen molar-refractivity contribution >= 4 is 10.4 Å². The quantitative estimate of drug-likeness (QED) is 0.0806. The van der Waals surface area contributed by atoms with Crippen LogP contribution in [-0.2, 0) is 15.1 Å². The largest absolute Gasteiger partial charge is 1.00 e. The summed E-state index contributed by atoms with van der Waals surface area (Å²) in [6.45, 7) is 7.04. The van der Waals surface area contributed by atoms with Crippen molar-refractivity contribution in [1.82, 2.24) is 0 Å². The normalized spacial score (nSPS) is 10.3. The first kappa shape index (κ1) is 47.5. The van der Waals surface area contributed by atoms with Crippen molar-refractivity contribution in [2.24, 2.45) is 5.73 Å². The molecule has 3 N–H and O–H groups in total. The summed E-state index contributed by atoms with van der Waals surface area (Å²) in [7, 11) is -5.17. The summed E-state index contributed by atoms with van der Waals surface area (Å²) in [6, 6.07) is 0. The van der Waals surface area contributed by atoms with Crippen LogP contribution in [0, 0.1) is 0 Å². The van der Waals surface area contributed by atoms with Crippen LogP contribution in [0.2, 0.25) is 0 Å². The molecule has 36 heavy (non-hydrogen) atoms. The predicted molar refractivity (Wildman–Crippen MR) is 141 cm³/mol. The van der Waals surface area contributed by atoms with Crippen molar-refractivity contribution in [3.63, 3.8) is 0 Å². The molecule has 0 aromatic rings. The molecule has 0 aliphatic rings. The van der Waals surface area contributed by atoms with Crippen LogP contribution in [0.3, 0.4) is 0 Å². The molecule has 0 aromatic heterocycles. The van der Waals surface area contributed by atoms with E-state index in [4.69, 9.17) is 33.1 Å². The van der Waals surface area contributed by atoms with E-state index in [1.165, 1.54) is 128 Å². The third-order valence-corrected chi connectivity index (χ3v) is 5.41. The molecule has 0 unspecified atom stereocenters. The predicted octanol–water partition coefficient (Wildman–Crippen LogP) is 0.452. The second-order valence-electron chi connectivity index (χ2n) is 8.90. The van der Waals surface area contributed by atoms with Crippen LogP contribution in [0.15, 0.2) is 0 Å². The molecule has 0 aliphatic heterocycles. The second kappa shape index (κ2) is 43.8. The van der Waals surface area contributed by atoms with Gasteiger partial charge in [-0.2, -0.15) is 0 Å². The SMILES string of the molecule is CCCCCCCCCCCCOCCCCCCCCCCCC.NCCO.O=S(=O)([O-])[O-].[Na+].[Na+]. The minimum absolute atomic E-state index is 0. The molecule has 0 aliphatic carbocycles. The summed E-state index contributed by atoms with van der Waals surface area (Å²) in [5.41, 5.74) is 4.78. The van der Waals surface area contributed by atoms with Crippen LogP contribution in [-0.4, -0.2) is 49.0 Å².